The molecule has 1 aliphatic rings. The Balaban J connectivity index is 1.76. The largest absolute Gasteiger partial charge is 0.434 e. The van der Waals surface area contributed by atoms with Crippen molar-refractivity contribution < 1.29 is 18.3 Å². The molecule has 6 nitrogen and oxygen atoms in total. The number of ether oxygens (including phenoxy) is 2. The molecule has 1 saturated heterocycles. The summed E-state index contributed by atoms with van der Waals surface area (Å²) in [5.74, 6) is 0.685. The molecule has 0 saturated carbocycles. The van der Waals surface area contributed by atoms with E-state index >= 15 is 0 Å². The van der Waals surface area contributed by atoms with Crippen LogP contribution in [0.25, 0.3) is 0 Å². The zero-order chi connectivity index (χ0) is 20.5. The van der Waals surface area contributed by atoms with Crippen LogP contribution in [0.5, 0.6) is 5.75 Å². The van der Waals surface area contributed by atoms with Crippen LogP contribution in [0.2, 0.25) is 5.02 Å². The van der Waals surface area contributed by atoms with Crippen LogP contribution in [0.3, 0.4) is 0 Å². The van der Waals surface area contributed by atoms with Crippen molar-refractivity contribution >= 4 is 17.6 Å². The third kappa shape index (κ3) is 7.77. The third-order valence-electron chi connectivity index (χ3n) is 4.35. The molecule has 1 aromatic rings. The molecule has 0 aliphatic carbocycles. The predicted octanol–water partition coefficient (Wildman–Crippen LogP) is 3.11. The maximum absolute atomic E-state index is 12.5. The summed E-state index contributed by atoms with van der Waals surface area (Å²) in [6.45, 7) is 5.17. The van der Waals surface area contributed by atoms with Gasteiger partial charge in [0.15, 0.2) is 5.96 Å². The van der Waals surface area contributed by atoms with Crippen molar-refractivity contribution in [3.63, 3.8) is 0 Å². The van der Waals surface area contributed by atoms with Gasteiger partial charge in [-0.05, 0) is 38.5 Å². The molecule has 2 unspecified atom stereocenters. The number of alkyl halides is 2. The van der Waals surface area contributed by atoms with E-state index in [1.54, 1.807) is 13.1 Å². The van der Waals surface area contributed by atoms with Crippen LogP contribution in [-0.4, -0.2) is 62.9 Å². The molecule has 158 valence electrons. The van der Waals surface area contributed by atoms with Gasteiger partial charge in [-0.15, -0.1) is 0 Å². The number of nitrogens with zero attached hydrogens (tertiary/aromatic N) is 2. The van der Waals surface area contributed by atoms with Gasteiger partial charge < -0.3 is 20.1 Å². The standard InChI is InChI=1S/C19H29ClF2N4O2/c1-13-11-26(12-14(2)27-13)8-4-7-24-19(23-3)25-10-15-9-16(20)5-6-17(15)28-18(21)22/h5-6,9,13-14,18H,4,7-8,10-12H2,1-3H3,(H2,23,24,25). The average Bonchev–Trinajstić information content (AvgIpc) is 2.62. The molecule has 0 amide bonds. The Morgan fingerprint density at radius 1 is 1.32 bits per heavy atom. The normalized spacial score (nSPS) is 21.0. The lowest BCUT2D eigenvalue weighted by Crippen LogP contribution is -2.46. The number of hydrogen-bond donors (Lipinski definition) is 2. The second-order valence-corrected chi connectivity index (χ2v) is 7.29. The van der Waals surface area contributed by atoms with Crippen LogP contribution in [0.4, 0.5) is 8.78 Å². The van der Waals surface area contributed by atoms with Crippen molar-refractivity contribution in [2.45, 2.75) is 45.6 Å². The Morgan fingerprint density at radius 2 is 2.04 bits per heavy atom. The Morgan fingerprint density at radius 3 is 2.68 bits per heavy atom. The quantitative estimate of drug-likeness (QED) is 0.386. The number of nitrogens with one attached hydrogen (secondary N) is 2. The van der Waals surface area contributed by atoms with E-state index in [-0.39, 0.29) is 24.5 Å². The topological polar surface area (TPSA) is 58.1 Å². The number of guanidine groups is 1. The molecule has 1 aromatic carbocycles. The van der Waals surface area contributed by atoms with Crippen molar-refractivity contribution in [3.05, 3.63) is 28.8 Å². The number of morpholine rings is 1. The molecule has 2 atom stereocenters. The number of rotatable bonds is 8. The molecule has 0 radical (unpaired) electrons. The van der Waals surface area contributed by atoms with Crippen molar-refractivity contribution in [1.29, 1.82) is 0 Å². The lowest BCUT2D eigenvalue weighted by Gasteiger charge is -2.35. The Bertz CT molecular complexity index is 638. The first-order valence-electron chi connectivity index (χ1n) is 9.43. The van der Waals surface area contributed by atoms with Crippen molar-refractivity contribution in [3.8, 4) is 5.75 Å². The summed E-state index contributed by atoms with van der Waals surface area (Å²) < 4.78 is 35.4. The van der Waals surface area contributed by atoms with E-state index in [9.17, 15) is 8.78 Å². The van der Waals surface area contributed by atoms with E-state index in [4.69, 9.17) is 16.3 Å². The highest BCUT2D eigenvalue weighted by Crippen LogP contribution is 2.24. The number of aliphatic imine (C=N–C) groups is 1. The monoisotopic (exact) mass is 418 g/mol. The lowest BCUT2D eigenvalue weighted by atomic mass is 10.2. The fraction of sp³-hybridized carbons (Fsp3) is 0.632. The average molecular weight is 419 g/mol. The molecule has 0 spiro atoms. The highest BCUT2D eigenvalue weighted by molar-refractivity contribution is 6.30. The van der Waals surface area contributed by atoms with Crippen LogP contribution in [0, 0.1) is 0 Å². The van der Waals surface area contributed by atoms with Gasteiger partial charge in [-0.25, -0.2) is 0 Å². The summed E-state index contributed by atoms with van der Waals surface area (Å²) in [7, 11) is 1.66. The number of benzene rings is 1. The van der Waals surface area contributed by atoms with E-state index < -0.39 is 6.61 Å². The van der Waals surface area contributed by atoms with Gasteiger partial charge in [0, 0.05) is 50.4 Å². The van der Waals surface area contributed by atoms with Crippen LogP contribution in [-0.2, 0) is 11.3 Å². The smallest absolute Gasteiger partial charge is 0.387 e. The highest BCUT2D eigenvalue weighted by Gasteiger charge is 2.21. The summed E-state index contributed by atoms with van der Waals surface area (Å²) in [4.78, 5) is 6.56. The summed E-state index contributed by atoms with van der Waals surface area (Å²) in [6, 6.07) is 4.55. The maximum Gasteiger partial charge on any atom is 0.387 e. The molecule has 9 heteroatoms. The Kier molecular flexibility index (Phi) is 9.21. The zero-order valence-corrected chi connectivity index (χ0v) is 17.3. The first kappa shape index (κ1) is 22.6. The molecule has 28 heavy (non-hydrogen) atoms. The third-order valence-corrected chi connectivity index (χ3v) is 4.58. The first-order valence-corrected chi connectivity index (χ1v) is 9.80. The molecule has 0 bridgehead atoms. The zero-order valence-electron chi connectivity index (χ0n) is 16.6. The van der Waals surface area contributed by atoms with Gasteiger partial charge >= 0.3 is 6.61 Å². The molecular formula is C19H29ClF2N4O2. The van der Waals surface area contributed by atoms with Crippen LogP contribution >= 0.6 is 11.6 Å². The van der Waals surface area contributed by atoms with Crippen molar-refractivity contribution in [2.24, 2.45) is 4.99 Å². The van der Waals surface area contributed by atoms with E-state index in [0.717, 1.165) is 32.6 Å². The predicted molar refractivity (Wildman–Crippen MR) is 107 cm³/mol. The maximum atomic E-state index is 12.5. The van der Waals surface area contributed by atoms with Crippen LogP contribution < -0.4 is 15.4 Å². The molecule has 0 aromatic heterocycles. The van der Waals surface area contributed by atoms with E-state index in [0.29, 0.717) is 16.5 Å². The fourth-order valence-corrected chi connectivity index (χ4v) is 3.47. The molecular weight excluding hydrogens is 390 g/mol. The van der Waals surface area contributed by atoms with Gasteiger partial charge in [-0.3, -0.25) is 9.89 Å². The lowest BCUT2D eigenvalue weighted by molar-refractivity contribution is -0.0679. The molecule has 1 fully saturated rings. The van der Waals surface area contributed by atoms with Crippen molar-refractivity contribution in [1.82, 2.24) is 15.5 Å². The van der Waals surface area contributed by atoms with Gasteiger partial charge in [0.1, 0.15) is 5.75 Å². The molecule has 2 N–H and O–H groups in total. The molecule has 1 aliphatic heterocycles. The second kappa shape index (κ2) is 11.4. The minimum atomic E-state index is -2.89. The van der Waals surface area contributed by atoms with Gasteiger partial charge in [0.2, 0.25) is 0 Å². The summed E-state index contributed by atoms with van der Waals surface area (Å²) in [5, 5.41) is 6.79. The highest BCUT2D eigenvalue weighted by atomic mass is 35.5. The summed E-state index contributed by atoms with van der Waals surface area (Å²) >= 11 is 5.97. The Hall–Kier alpha value is -1.64. The second-order valence-electron chi connectivity index (χ2n) is 6.85. The number of halogens is 3. The minimum absolute atomic E-state index is 0.0953. The SMILES string of the molecule is CN=C(NCCCN1CC(C)OC(C)C1)NCc1cc(Cl)ccc1OC(F)F. The minimum Gasteiger partial charge on any atom is -0.434 e. The van der Waals surface area contributed by atoms with Gasteiger partial charge in [0.25, 0.3) is 0 Å². The summed E-state index contributed by atoms with van der Waals surface area (Å²) in [6.07, 6.45) is 1.47. The van der Waals surface area contributed by atoms with Crippen LogP contribution in [0.1, 0.15) is 25.8 Å². The first-order chi connectivity index (χ1) is 13.4. The van der Waals surface area contributed by atoms with E-state index in [1.165, 1.54) is 12.1 Å². The van der Waals surface area contributed by atoms with Crippen molar-refractivity contribution in [2.75, 3.05) is 33.2 Å². The van der Waals surface area contributed by atoms with Gasteiger partial charge in [-0.1, -0.05) is 11.6 Å². The summed E-state index contributed by atoms with van der Waals surface area (Å²) in [5.41, 5.74) is 0.534. The Labute approximate surface area is 170 Å². The molecule has 1 heterocycles. The van der Waals surface area contributed by atoms with Gasteiger partial charge in [-0.2, -0.15) is 8.78 Å². The van der Waals surface area contributed by atoms with Gasteiger partial charge in [0.05, 0.1) is 12.2 Å². The fourth-order valence-electron chi connectivity index (χ4n) is 3.27. The number of hydrogen-bond acceptors (Lipinski definition) is 4. The van der Waals surface area contributed by atoms with E-state index in [2.05, 4.69) is 39.1 Å². The molecule has 2 rings (SSSR count). The van der Waals surface area contributed by atoms with E-state index in [1.807, 2.05) is 0 Å². The van der Waals surface area contributed by atoms with Crippen LogP contribution in [0.15, 0.2) is 23.2 Å².